The molecular formula is C12H16ClFN2OS. The van der Waals surface area contributed by atoms with Crippen molar-refractivity contribution >= 4 is 30.1 Å². The smallest absolute Gasteiger partial charge is 0.233 e. The number of amides is 1. The van der Waals surface area contributed by atoms with Crippen molar-refractivity contribution in [3.05, 3.63) is 30.1 Å². The maximum atomic E-state index is 12.7. The fourth-order valence-electron chi connectivity index (χ4n) is 1.68. The molecule has 1 aliphatic rings. The van der Waals surface area contributed by atoms with Crippen LogP contribution in [-0.4, -0.2) is 42.7 Å². The summed E-state index contributed by atoms with van der Waals surface area (Å²) in [6, 6.07) is 6.23. The van der Waals surface area contributed by atoms with E-state index in [4.69, 9.17) is 0 Å². The Labute approximate surface area is 117 Å². The minimum Gasteiger partial charge on any atom is -0.339 e. The lowest BCUT2D eigenvalue weighted by Gasteiger charge is -2.27. The molecule has 100 valence electrons. The summed E-state index contributed by atoms with van der Waals surface area (Å²) in [6.45, 7) is 3.30. The van der Waals surface area contributed by atoms with E-state index >= 15 is 0 Å². The van der Waals surface area contributed by atoms with E-state index in [1.165, 1.54) is 23.9 Å². The zero-order chi connectivity index (χ0) is 12.1. The Hall–Kier alpha value is -0.780. The number of piperazine rings is 1. The molecule has 0 aliphatic carbocycles. The topological polar surface area (TPSA) is 32.3 Å². The largest absolute Gasteiger partial charge is 0.339 e. The standard InChI is InChI=1S/C12H15FN2OS.ClH/c13-10-1-3-11(4-2-10)17-9-12(16)15-7-5-14-6-8-15;/h1-4,14H,5-9H2;1H. The number of hydrogen-bond donors (Lipinski definition) is 1. The lowest BCUT2D eigenvalue weighted by atomic mass is 10.3. The van der Waals surface area contributed by atoms with Crippen molar-refractivity contribution in [2.24, 2.45) is 0 Å². The van der Waals surface area contributed by atoms with Crippen molar-refractivity contribution in [1.29, 1.82) is 0 Å². The quantitative estimate of drug-likeness (QED) is 0.861. The normalized spacial score (nSPS) is 15.1. The molecular weight excluding hydrogens is 275 g/mol. The van der Waals surface area contributed by atoms with E-state index in [9.17, 15) is 9.18 Å². The summed E-state index contributed by atoms with van der Waals surface area (Å²) in [5.41, 5.74) is 0. The van der Waals surface area contributed by atoms with Gasteiger partial charge in [0, 0.05) is 31.1 Å². The Morgan fingerprint density at radius 1 is 1.28 bits per heavy atom. The van der Waals surface area contributed by atoms with Crippen LogP contribution in [-0.2, 0) is 4.79 Å². The highest BCUT2D eigenvalue weighted by molar-refractivity contribution is 8.00. The molecule has 1 heterocycles. The monoisotopic (exact) mass is 290 g/mol. The van der Waals surface area contributed by atoms with Gasteiger partial charge in [-0.15, -0.1) is 24.2 Å². The first-order valence-corrected chi connectivity index (χ1v) is 6.61. The lowest BCUT2D eigenvalue weighted by Crippen LogP contribution is -2.47. The van der Waals surface area contributed by atoms with E-state index in [0.717, 1.165) is 31.1 Å². The summed E-state index contributed by atoms with van der Waals surface area (Å²) >= 11 is 1.45. The lowest BCUT2D eigenvalue weighted by molar-refractivity contribution is -0.128. The molecule has 1 aromatic rings. The molecule has 0 aromatic heterocycles. The zero-order valence-corrected chi connectivity index (χ0v) is 11.5. The molecule has 0 saturated carbocycles. The van der Waals surface area contributed by atoms with Crippen molar-refractivity contribution in [2.45, 2.75) is 4.90 Å². The number of carbonyl (C=O) groups excluding carboxylic acids is 1. The van der Waals surface area contributed by atoms with Gasteiger partial charge in [0.1, 0.15) is 5.82 Å². The van der Waals surface area contributed by atoms with Gasteiger partial charge in [-0.1, -0.05) is 0 Å². The number of nitrogens with zero attached hydrogens (tertiary/aromatic N) is 1. The molecule has 0 radical (unpaired) electrons. The van der Waals surface area contributed by atoms with Crippen molar-refractivity contribution < 1.29 is 9.18 Å². The second kappa shape index (κ2) is 7.61. The molecule has 1 fully saturated rings. The van der Waals surface area contributed by atoms with E-state index in [1.807, 2.05) is 4.90 Å². The molecule has 18 heavy (non-hydrogen) atoms. The summed E-state index contributed by atoms with van der Waals surface area (Å²) < 4.78 is 12.7. The van der Waals surface area contributed by atoms with Crippen LogP contribution >= 0.6 is 24.2 Å². The summed E-state index contributed by atoms with van der Waals surface area (Å²) in [7, 11) is 0. The molecule has 1 saturated heterocycles. The van der Waals surface area contributed by atoms with Crippen LogP contribution in [0.25, 0.3) is 0 Å². The fraction of sp³-hybridized carbons (Fsp3) is 0.417. The number of benzene rings is 1. The Kier molecular flexibility index (Phi) is 6.46. The van der Waals surface area contributed by atoms with Crippen molar-refractivity contribution in [3.63, 3.8) is 0 Å². The molecule has 6 heteroatoms. The van der Waals surface area contributed by atoms with Gasteiger partial charge in [0.05, 0.1) is 5.75 Å². The van der Waals surface area contributed by atoms with Gasteiger partial charge in [0.25, 0.3) is 0 Å². The van der Waals surface area contributed by atoms with Gasteiger partial charge in [0.15, 0.2) is 0 Å². The highest BCUT2D eigenvalue weighted by atomic mass is 35.5. The highest BCUT2D eigenvalue weighted by Crippen LogP contribution is 2.18. The van der Waals surface area contributed by atoms with E-state index < -0.39 is 0 Å². The van der Waals surface area contributed by atoms with Crippen LogP contribution in [0.15, 0.2) is 29.2 Å². The predicted molar refractivity (Wildman–Crippen MR) is 73.8 cm³/mol. The molecule has 0 atom stereocenters. The number of halogens is 2. The predicted octanol–water partition coefficient (Wildman–Crippen LogP) is 1.77. The van der Waals surface area contributed by atoms with E-state index in [1.54, 1.807) is 12.1 Å². The summed E-state index contributed by atoms with van der Waals surface area (Å²) in [5.74, 6) is 0.328. The van der Waals surface area contributed by atoms with Crippen LogP contribution in [0.4, 0.5) is 4.39 Å². The van der Waals surface area contributed by atoms with Gasteiger partial charge in [-0.25, -0.2) is 4.39 Å². The molecule has 1 aliphatic heterocycles. The molecule has 0 unspecified atom stereocenters. The van der Waals surface area contributed by atoms with Gasteiger partial charge < -0.3 is 10.2 Å². The average molecular weight is 291 g/mol. The molecule has 1 amide bonds. The Morgan fingerprint density at radius 3 is 2.50 bits per heavy atom. The Morgan fingerprint density at radius 2 is 1.89 bits per heavy atom. The third kappa shape index (κ3) is 4.48. The molecule has 1 aromatic carbocycles. The summed E-state index contributed by atoms with van der Waals surface area (Å²) in [4.78, 5) is 14.6. The maximum absolute atomic E-state index is 12.7. The van der Waals surface area contributed by atoms with Crippen LogP contribution in [0.1, 0.15) is 0 Å². The van der Waals surface area contributed by atoms with Gasteiger partial charge in [-0.3, -0.25) is 4.79 Å². The molecule has 3 nitrogen and oxygen atoms in total. The number of nitrogens with one attached hydrogen (secondary N) is 1. The first kappa shape index (κ1) is 15.3. The number of rotatable bonds is 3. The van der Waals surface area contributed by atoms with Crippen molar-refractivity contribution in [1.82, 2.24) is 10.2 Å². The first-order valence-electron chi connectivity index (χ1n) is 5.62. The van der Waals surface area contributed by atoms with Crippen LogP contribution in [0.2, 0.25) is 0 Å². The van der Waals surface area contributed by atoms with Crippen molar-refractivity contribution in [3.8, 4) is 0 Å². The van der Waals surface area contributed by atoms with Gasteiger partial charge in [0.2, 0.25) is 5.91 Å². The van der Waals surface area contributed by atoms with E-state index in [0.29, 0.717) is 5.75 Å². The van der Waals surface area contributed by atoms with Crippen LogP contribution < -0.4 is 5.32 Å². The SMILES string of the molecule is Cl.O=C(CSc1ccc(F)cc1)N1CCNCC1. The van der Waals surface area contributed by atoms with Crippen LogP contribution in [0, 0.1) is 5.82 Å². The maximum Gasteiger partial charge on any atom is 0.233 e. The average Bonchev–Trinajstić information content (AvgIpc) is 2.39. The fourth-order valence-corrected chi connectivity index (χ4v) is 2.48. The Balaban J connectivity index is 0.00000162. The summed E-state index contributed by atoms with van der Waals surface area (Å²) in [6.07, 6.45) is 0. The summed E-state index contributed by atoms with van der Waals surface area (Å²) in [5, 5.41) is 3.21. The van der Waals surface area contributed by atoms with Crippen LogP contribution in [0.5, 0.6) is 0 Å². The minimum absolute atomic E-state index is 0. The molecule has 1 N–H and O–H groups in total. The third-order valence-corrected chi connectivity index (χ3v) is 3.64. The molecule has 2 rings (SSSR count). The zero-order valence-electron chi connectivity index (χ0n) is 9.89. The Bertz CT molecular complexity index is 382. The van der Waals surface area contributed by atoms with Crippen LogP contribution in [0.3, 0.4) is 0 Å². The first-order chi connectivity index (χ1) is 8.25. The second-order valence-electron chi connectivity index (χ2n) is 3.87. The number of hydrogen-bond acceptors (Lipinski definition) is 3. The van der Waals surface area contributed by atoms with E-state index in [2.05, 4.69) is 5.32 Å². The highest BCUT2D eigenvalue weighted by Gasteiger charge is 2.15. The minimum atomic E-state index is -0.247. The molecule has 0 bridgehead atoms. The van der Waals surface area contributed by atoms with Gasteiger partial charge in [-0.05, 0) is 24.3 Å². The van der Waals surface area contributed by atoms with Gasteiger partial charge >= 0.3 is 0 Å². The van der Waals surface area contributed by atoms with Gasteiger partial charge in [-0.2, -0.15) is 0 Å². The third-order valence-electron chi connectivity index (χ3n) is 2.65. The molecule has 0 spiro atoms. The number of thioether (sulfide) groups is 1. The van der Waals surface area contributed by atoms with Crippen molar-refractivity contribution in [2.75, 3.05) is 31.9 Å². The second-order valence-corrected chi connectivity index (χ2v) is 4.92. The van der Waals surface area contributed by atoms with E-state index in [-0.39, 0.29) is 24.1 Å². The number of carbonyl (C=O) groups is 1.